The largest absolute Gasteiger partial charge is 0.416 e. The minimum Gasteiger partial charge on any atom is -0.314 e. The molecule has 2 heterocycles. The van der Waals surface area contributed by atoms with Crippen molar-refractivity contribution >= 4 is 33.7 Å². The van der Waals surface area contributed by atoms with Gasteiger partial charge in [-0.3, -0.25) is 4.79 Å². The van der Waals surface area contributed by atoms with E-state index < -0.39 is 11.7 Å². The van der Waals surface area contributed by atoms with Crippen molar-refractivity contribution in [2.75, 3.05) is 0 Å². The van der Waals surface area contributed by atoms with Crippen molar-refractivity contribution in [3.05, 3.63) is 94.3 Å². The number of imidazole rings is 1. The summed E-state index contributed by atoms with van der Waals surface area (Å²) in [6.07, 6.45) is -4.46. The van der Waals surface area contributed by atoms with Gasteiger partial charge in [0.2, 0.25) is 0 Å². The zero-order chi connectivity index (χ0) is 23.0. The van der Waals surface area contributed by atoms with Gasteiger partial charge >= 0.3 is 6.18 Å². The number of hydrogen-bond donors (Lipinski definition) is 0. The summed E-state index contributed by atoms with van der Waals surface area (Å²) in [5, 5.41) is 8.98. The van der Waals surface area contributed by atoms with E-state index in [0.717, 1.165) is 17.7 Å². The summed E-state index contributed by atoms with van der Waals surface area (Å²) in [4.78, 5) is 17.2. The van der Waals surface area contributed by atoms with Gasteiger partial charge in [0.1, 0.15) is 5.52 Å². The monoisotopic (exact) mass is 467 g/mol. The molecule has 0 N–H and O–H groups in total. The van der Waals surface area contributed by atoms with Gasteiger partial charge in [-0.1, -0.05) is 59.4 Å². The highest BCUT2D eigenvalue weighted by atomic mass is 32.2. The molecule has 5 aromatic rings. The van der Waals surface area contributed by atoms with Gasteiger partial charge < -0.3 is 4.57 Å². The summed E-state index contributed by atoms with van der Waals surface area (Å²) < 4.78 is 42.7. The number of benzene rings is 3. The van der Waals surface area contributed by atoms with E-state index in [9.17, 15) is 18.0 Å². The number of rotatable bonds is 5. The number of alkyl halides is 3. The number of hydrogen-bond acceptors (Lipinski definition) is 5. The molecule has 0 atom stereocenters. The minimum absolute atomic E-state index is 0.112. The fourth-order valence-corrected chi connectivity index (χ4v) is 4.43. The van der Waals surface area contributed by atoms with Crippen molar-refractivity contribution in [1.29, 1.82) is 0 Å². The van der Waals surface area contributed by atoms with E-state index in [2.05, 4.69) is 15.3 Å². The molecule has 0 aliphatic rings. The van der Waals surface area contributed by atoms with Crippen LogP contribution in [0.4, 0.5) is 13.2 Å². The van der Waals surface area contributed by atoms with Gasteiger partial charge in [-0.25, -0.2) is 4.98 Å². The molecule has 6 nitrogen and oxygen atoms in total. The maximum absolute atomic E-state index is 13.2. The summed E-state index contributed by atoms with van der Waals surface area (Å²) in [7, 11) is 0. The molecule has 0 spiro atoms. The van der Waals surface area contributed by atoms with E-state index in [-0.39, 0.29) is 17.0 Å². The standard InChI is InChI=1S/C23H16F3N5OS/c24-23(25,26)16-10-11-20-19(12-16)27-22(30(20)13-15-6-2-1-3-7-15)33-14-31-21(32)17-8-4-5-9-18(17)28-29-31/h1-12H,13-14H2. The number of halogens is 3. The van der Waals surface area contributed by atoms with Gasteiger partial charge in [-0.15, -0.1) is 5.10 Å². The Hall–Kier alpha value is -3.66. The molecule has 2 aromatic heterocycles. The van der Waals surface area contributed by atoms with E-state index in [4.69, 9.17) is 0 Å². The van der Waals surface area contributed by atoms with Crippen molar-refractivity contribution in [1.82, 2.24) is 24.5 Å². The van der Waals surface area contributed by atoms with Crippen LogP contribution in [0.25, 0.3) is 21.9 Å². The lowest BCUT2D eigenvalue weighted by Crippen LogP contribution is -2.23. The molecule has 0 radical (unpaired) electrons. The molecule has 10 heteroatoms. The van der Waals surface area contributed by atoms with Crippen molar-refractivity contribution in [3.8, 4) is 0 Å². The molecule has 0 unspecified atom stereocenters. The van der Waals surface area contributed by atoms with Gasteiger partial charge in [-0.05, 0) is 35.9 Å². The third kappa shape index (κ3) is 4.21. The van der Waals surface area contributed by atoms with E-state index in [1.807, 2.05) is 34.9 Å². The number of nitrogens with zero attached hydrogens (tertiary/aromatic N) is 5. The van der Waals surface area contributed by atoms with Crippen LogP contribution in [0.2, 0.25) is 0 Å². The Kier molecular flexibility index (Phi) is 5.37. The third-order valence-corrected chi connectivity index (χ3v) is 6.11. The van der Waals surface area contributed by atoms with E-state index in [1.165, 1.54) is 22.5 Å². The van der Waals surface area contributed by atoms with Crippen LogP contribution in [-0.2, 0) is 18.6 Å². The minimum atomic E-state index is -4.46. The average molecular weight is 467 g/mol. The Labute approximate surface area is 189 Å². The van der Waals surface area contributed by atoms with Crippen LogP contribution in [0.3, 0.4) is 0 Å². The van der Waals surface area contributed by atoms with Gasteiger partial charge in [-0.2, -0.15) is 17.9 Å². The summed E-state index contributed by atoms with van der Waals surface area (Å²) in [6.45, 7) is 0.420. The van der Waals surface area contributed by atoms with Crippen LogP contribution in [-0.4, -0.2) is 24.5 Å². The van der Waals surface area contributed by atoms with Crippen LogP contribution in [0, 0.1) is 0 Å². The Balaban J connectivity index is 1.54. The Morgan fingerprint density at radius 3 is 2.45 bits per heavy atom. The highest BCUT2D eigenvalue weighted by Gasteiger charge is 2.31. The molecule has 0 aliphatic heterocycles. The summed E-state index contributed by atoms with van der Waals surface area (Å²) in [5.41, 5.74) is 1.23. The van der Waals surface area contributed by atoms with Crippen molar-refractivity contribution in [2.24, 2.45) is 0 Å². The van der Waals surface area contributed by atoms with Crippen LogP contribution in [0.1, 0.15) is 11.1 Å². The molecule has 33 heavy (non-hydrogen) atoms. The van der Waals surface area contributed by atoms with Crippen LogP contribution < -0.4 is 5.56 Å². The predicted octanol–water partition coefficient (Wildman–Crippen LogP) is 4.96. The zero-order valence-electron chi connectivity index (χ0n) is 17.0. The SMILES string of the molecule is O=c1c2ccccc2nnn1CSc1nc2cc(C(F)(F)F)ccc2n1Cc1ccccc1. The second-order valence-corrected chi connectivity index (χ2v) is 8.26. The normalized spacial score (nSPS) is 12.0. The first-order chi connectivity index (χ1) is 15.9. The van der Waals surface area contributed by atoms with E-state index >= 15 is 0 Å². The first-order valence-corrected chi connectivity index (χ1v) is 11.0. The Morgan fingerprint density at radius 1 is 0.909 bits per heavy atom. The third-order valence-electron chi connectivity index (χ3n) is 5.17. The van der Waals surface area contributed by atoms with E-state index in [1.54, 1.807) is 24.3 Å². The lowest BCUT2D eigenvalue weighted by atomic mass is 10.2. The van der Waals surface area contributed by atoms with Crippen molar-refractivity contribution < 1.29 is 13.2 Å². The lowest BCUT2D eigenvalue weighted by Gasteiger charge is -2.10. The van der Waals surface area contributed by atoms with E-state index in [0.29, 0.717) is 28.1 Å². The summed E-state index contributed by atoms with van der Waals surface area (Å²) in [5.74, 6) is 0.112. The van der Waals surface area contributed by atoms with Crippen LogP contribution >= 0.6 is 11.8 Å². The molecule has 0 amide bonds. The Bertz CT molecular complexity index is 1510. The number of fused-ring (bicyclic) bond motifs is 2. The highest BCUT2D eigenvalue weighted by Crippen LogP contribution is 2.33. The maximum atomic E-state index is 13.2. The van der Waals surface area contributed by atoms with Crippen LogP contribution in [0.5, 0.6) is 0 Å². The fourth-order valence-electron chi connectivity index (χ4n) is 3.54. The zero-order valence-corrected chi connectivity index (χ0v) is 17.8. The first-order valence-electron chi connectivity index (χ1n) is 9.97. The summed E-state index contributed by atoms with van der Waals surface area (Å²) in [6, 6.07) is 20.0. The molecule has 0 saturated carbocycles. The molecule has 0 saturated heterocycles. The van der Waals surface area contributed by atoms with Crippen molar-refractivity contribution in [3.63, 3.8) is 0 Å². The molecule has 5 rings (SSSR count). The topological polar surface area (TPSA) is 65.6 Å². The lowest BCUT2D eigenvalue weighted by molar-refractivity contribution is -0.137. The quantitative estimate of drug-likeness (QED) is 0.342. The maximum Gasteiger partial charge on any atom is 0.416 e. The highest BCUT2D eigenvalue weighted by molar-refractivity contribution is 7.98. The predicted molar refractivity (Wildman–Crippen MR) is 120 cm³/mol. The molecular weight excluding hydrogens is 451 g/mol. The second-order valence-electron chi connectivity index (χ2n) is 7.35. The molecule has 0 aliphatic carbocycles. The van der Waals surface area contributed by atoms with Gasteiger partial charge in [0.15, 0.2) is 5.16 Å². The smallest absolute Gasteiger partial charge is 0.314 e. The average Bonchev–Trinajstić information content (AvgIpc) is 3.15. The molecule has 0 bridgehead atoms. The summed E-state index contributed by atoms with van der Waals surface area (Å²) >= 11 is 1.21. The van der Waals surface area contributed by atoms with Gasteiger partial charge in [0.25, 0.3) is 5.56 Å². The second kappa shape index (κ2) is 8.36. The van der Waals surface area contributed by atoms with Crippen molar-refractivity contribution in [2.45, 2.75) is 23.8 Å². The molecule has 3 aromatic carbocycles. The fraction of sp³-hybridized carbons (Fsp3) is 0.130. The van der Waals surface area contributed by atoms with Crippen LogP contribution in [0.15, 0.2) is 82.7 Å². The first kappa shape index (κ1) is 21.2. The molecular formula is C23H16F3N5OS. The molecule has 166 valence electrons. The number of aromatic nitrogens is 5. The van der Waals surface area contributed by atoms with Gasteiger partial charge in [0, 0.05) is 0 Å². The Morgan fingerprint density at radius 2 is 1.67 bits per heavy atom. The molecule has 0 fully saturated rings. The number of thioether (sulfide) groups is 1. The van der Waals surface area contributed by atoms with Gasteiger partial charge in [0.05, 0.1) is 34.4 Å².